The smallest absolute Gasteiger partial charge is 0.408 e. The van der Waals surface area contributed by atoms with Crippen LogP contribution in [0.4, 0.5) is 10.5 Å². The molecule has 2 N–H and O–H groups in total. The summed E-state index contributed by atoms with van der Waals surface area (Å²) in [5.74, 6) is 2.68. The van der Waals surface area contributed by atoms with Crippen LogP contribution in [0.3, 0.4) is 0 Å². The predicted octanol–water partition coefficient (Wildman–Crippen LogP) is 5.68. The first-order valence-corrected chi connectivity index (χ1v) is 13.7. The Hall–Kier alpha value is -3.99. The normalized spacial score (nSPS) is 14.8. The predicted molar refractivity (Wildman–Crippen MR) is 156 cm³/mol. The molecule has 1 aliphatic carbocycles. The minimum Gasteiger partial charge on any atom is -0.497 e. The van der Waals surface area contributed by atoms with Gasteiger partial charge in [0.05, 0.1) is 7.11 Å². The number of carbonyl (C=O) groups excluding carboxylic acids is 3. The van der Waals surface area contributed by atoms with Gasteiger partial charge in [-0.1, -0.05) is 31.9 Å². The number of rotatable bonds is 10. The highest BCUT2D eigenvalue weighted by molar-refractivity contribution is 5.99. The van der Waals surface area contributed by atoms with Gasteiger partial charge in [0, 0.05) is 17.3 Å². The number of benzene rings is 2. The van der Waals surface area contributed by atoms with Crippen molar-refractivity contribution in [3.8, 4) is 18.1 Å². The third kappa shape index (κ3) is 8.25. The number of anilines is 1. The molecule has 2 unspecified atom stereocenters. The molecular formula is C32H41N3O5. The molecule has 0 aromatic heterocycles. The SMILES string of the molecule is C#Cc1ccc(C(C(=O)Nc2ccc(OC)cc2)N(C(=O)C(CC(C)C)NC(=O)OC(C)(C)C)C2CCC2)cc1. The van der Waals surface area contributed by atoms with E-state index in [-0.39, 0.29) is 23.8 Å². The van der Waals surface area contributed by atoms with Crippen LogP contribution >= 0.6 is 0 Å². The Kier molecular flexibility index (Phi) is 10.2. The first kappa shape index (κ1) is 30.6. The van der Waals surface area contributed by atoms with E-state index >= 15 is 0 Å². The molecule has 0 aliphatic heterocycles. The summed E-state index contributed by atoms with van der Waals surface area (Å²) in [6.07, 6.45) is 7.77. The Morgan fingerprint density at radius 2 is 1.68 bits per heavy atom. The largest absolute Gasteiger partial charge is 0.497 e. The molecule has 1 saturated carbocycles. The summed E-state index contributed by atoms with van der Waals surface area (Å²) < 4.78 is 10.7. The van der Waals surface area contributed by atoms with Gasteiger partial charge in [0.1, 0.15) is 23.4 Å². The third-order valence-electron chi connectivity index (χ3n) is 6.70. The van der Waals surface area contributed by atoms with E-state index in [4.69, 9.17) is 15.9 Å². The molecular weight excluding hydrogens is 506 g/mol. The van der Waals surface area contributed by atoms with E-state index in [0.29, 0.717) is 29.0 Å². The summed E-state index contributed by atoms with van der Waals surface area (Å²) in [4.78, 5) is 42.7. The Labute approximate surface area is 237 Å². The van der Waals surface area contributed by atoms with Crippen LogP contribution in [0.25, 0.3) is 0 Å². The van der Waals surface area contributed by atoms with Gasteiger partial charge in [-0.2, -0.15) is 0 Å². The number of nitrogens with one attached hydrogen (secondary N) is 2. The molecule has 3 amide bonds. The first-order valence-electron chi connectivity index (χ1n) is 13.7. The fourth-order valence-corrected chi connectivity index (χ4v) is 4.59. The van der Waals surface area contributed by atoms with E-state index in [2.05, 4.69) is 16.6 Å². The van der Waals surface area contributed by atoms with Gasteiger partial charge >= 0.3 is 6.09 Å². The lowest BCUT2D eigenvalue weighted by Gasteiger charge is -2.43. The number of ether oxygens (including phenoxy) is 2. The number of alkyl carbamates (subject to hydrolysis) is 1. The minimum absolute atomic E-state index is 0.105. The maximum Gasteiger partial charge on any atom is 0.408 e. The van der Waals surface area contributed by atoms with Gasteiger partial charge in [0.2, 0.25) is 5.91 Å². The van der Waals surface area contributed by atoms with Crippen LogP contribution < -0.4 is 15.4 Å². The van der Waals surface area contributed by atoms with Gasteiger partial charge in [-0.25, -0.2) is 4.79 Å². The van der Waals surface area contributed by atoms with Crippen molar-refractivity contribution in [3.63, 3.8) is 0 Å². The molecule has 8 nitrogen and oxygen atoms in total. The standard InChI is InChI=1S/C32H41N3O5/c1-8-22-12-14-23(15-13-22)28(29(36)33-24-16-18-26(39-7)19-17-24)35(25-10-9-11-25)30(37)27(20-21(2)3)34-31(38)40-32(4,5)6/h1,12-19,21,25,27-28H,9-11,20H2,2-7H3,(H,33,36)(H,34,38). The molecule has 214 valence electrons. The zero-order valence-electron chi connectivity index (χ0n) is 24.3. The van der Waals surface area contributed by atoms with Gasteiger partial charge in [-0.05, 0) is 94.3 Å². The van der Waals surface area contributed by atoms with Crippen molar-refractivity contribution in [1.29, 1.82) is 0 Å². The highest BCUT2D eigenvalue weighted by atomic mass is 16.6. The fraction of sp³-hybridized carbons (Fsp3) is 0.469. The molecule has 2 atom stereocenters. The van der Waals surface area contributed by atoms with Crippen molar-refractivity contribution in [3.05, 3.63) is 59.7 Å². The van der Waals surface area contributed by atoms with E-state index in [1.165, 1.54) is 0 Å². The van der Waals surface area contributed by atoms with Crippen molar-refractivity contribution in [2.45, 2.75) is 84.0 Å². The summed E-state index contributed by atoms with van der Waals surface area (Å²) in [6.45, 7) is 9.28. The summed E-state index contributed by atoms with van der Waals surface area (Å²) in [5.41, 5.74) is 1.15. The maximum absolute atomic E-state index is 14.3. The monoisotopic (exact) mass is 547 g/mol. The average Bonchev–Trinajstić information content (AvgIpc) is 2.86. The second-order valence-electron chi connectivity index (χ2n) is 11.5. The molecule has 0 spiro atoms. The number of amides is 3. The van der Waals surface area contributed by atoms with Gasteiger partial charge in [0.25, 0.3) is 5.91 Å². The number of nitrogens with zero attached hydrogens (tertiary/aromatic N) is 1. The Morgan fingerprint density at radius 1 is 1.05 bits per heavy atom. The Bertz CT molecular complexity index is 1210. The van der Waals surface area contributed by atoms with Crippen molar-refractivity contribution in [1.82, 2.24) is 10.2 Å². The summed E-state index contributed by atoms with van der Waals surface area (Å²) >= 11 is 0. The molecule has 1 aliphatic rings. The number of carbonyl (C=O) groups is 3. The van der Waals surface area contributed by atoms with Gasteiger partial charge in [-0.3, -0.25) is 9.59 Å². The molecule has 0 radical (unpaired) electrons. The van der Waals surface area contributed by atoms with Crippen molar-refractivity contribution in [2.75, 3.05) is 12.4 Å². The van der Waals surface area contributed by atoms with Crippen LogP contribution in [0.2, 0.25) is 0 Å². The topological polar surface area (TPSA) is 97.0 Å². The average molecular weight is 548 g/mol. The van der Waals surface area contributed by atoms with Crippen LogP contribution in [0.15, 0.2) is 48.5 Å². The molecule has 0 heterocycles. The number of methoxy groups -OCH3 is 1. The van der Waals surface area contributed by atoms with Gasteiger partial charge < -0.3 is 25.0 Å². The second kappa shape index (κ2) is 13.4. The van der Waals surface area contributed by atoms with Crippen LogP contribution in [0.1, 0.15) is 77.5 Å². The van der Waals surface area contributed by atoms with Gasteiger partial charge in [-0.15, -0.1) is 6.42 Å². The lowest BCUT2D eigenvalue weighted by molar-refractivity contribution is -0.146. The van der Waals surface area contributed by atoms with E-state index in [1.54, 1.807) is 81.3 Å². The highest BCUT2D eigenvalue weighted by Gasteiger charge is 2.42. The summed E-state index contributed by atoms with van der Waals surface area (Å²) in [6, 6.07) is 12.1. The zero-order chi connectivity index (χ0) is 29.4. The quantitative estimate of drug-likeness (QED) is 0.373. The molecule has 0 saturated heterocycles. The molecule has 2 aromatic carbocycles. The maximum atomic E-state index is 14.3. The fourth-order valence-electron chi connectivity index (χ4n) is 4.59. The van der Waals surface area contributed by atoms with Crippen LogP contribution in [-0.4, -0.2) is 47.6 Å². The molecule has 2 aromatic rings. The van der Waals surface area contributed by atoms with Crippen molar-refractivity contribution in [2.24, 2.45) is 5.92 Å². The van der Waals surface area contributed by atoms with E-state index < -0.39 is 23.8 Å². The third-order valence-corrected chi connectivity index (χ3v) is 6.70. The molecule has 1 fully saturated rings. The van der Waals surface area contributed by atoms with E-state index in [0.717, 1.165) is 19.3 Å². The van der Waals surface area contributed by atoms with Crippen LogP contribution in [0.5, 0.6) is 5.75 Å². The van der Waals surface area contributed by atoms with Gasteiger partial charge in [0.15, 0.2) is 0 Å². The molecule has 40 heavy (non-hydrogen) atoms. The van der Waals surface area contributed by atoms with Crippen molar-refractivity contribution < 1.29 is 23.9 Å². The summed E-state index contributed by atoms with van der Waals surface area (Å²) in [7, 11) is 1.57. The number of terminal acetylenes is 1. The minimum atomic E-state index is -0.943. The Morgan fingerprint density at radius 3 is 2.15 bits per heavy atom. The Balaban J connectivity index is 2.02. The van der Waals surface area contributed by atoms with Crippen molar-refractivity contribution >= 4 is 23.6 Å². The highest BCUT2D eigenvalue weighted by Crippen LogP contribution is 2.35. The van der Waals surface area contributed by atoms with Crippen LogP contribution in [-0.2, 0) is 14.3 Å². The van der Waals surface area contributed by atoms with E-state index in [1.807, 2.05) is 13.8 Å². The van der Waals surface area contributed by atoms with Crippen LogP contribution in [0, 0.1) is 18.3 Å². The number of hydrogen-bond donors (Lipinski definition) is 2. The number of hydrogen-bond acceptors (Lipinski definition) is 5. The first-order chi connectivity index (χ1) is 18.9. The molecule has 0 bridgehead atoms. The lowest BCUT2D eigenvalue weighted by Crippen LogP contribution is -2.57. The van der Waals surface area contributed by atoms with E-state index in [9.17, 15) is 14.4 Å². The lowest BCUT2D eigenvalue weighted by atomic mass is 9.87. The zero-order valence-corrected chi connectivity index (χ0v) is 24.3. The molecule has 8 heteroatoms. The summed E-state index contributed by atoms with van der Waals surface area (Å²) in [5, 5.41) is 5.76. The second-order valence-corrected chi connectivity index (χ2v) is 11.5. The molecule has 3 rings (SSSR count).